The molecular formula is C16H30N4. The van der Waals surface area contributed by atoms with Crippen LogP contribution in [0.25, 0.3) is 0 Å². The van der Waals surface area contributed by atoms with Crippen molar-refractivity contribution in [2.75, 3.05) is 38.6 Å². The molecule has 0 aliphatic rings. The number of aromatic nitrogens is 1. The Hall–Kier alpha value is -1.13. The first-order valence-electron chi connectivity index (χ1n) is 7.57. The Balaban J connectivity index is 3.02. The van der Waals surface area contributed by atoms with E-state index in [-0.39, 0.29) is 0 Å². The second-order valence-corrected chi connectivity index (χ2v) is 5.63. The van der Waals surface area contributed by atoms with Crippen LogP contribution in [0.3, 0.4) is 0 Å². The third kappa shape index (κ3) is 4.76. The van der Waals surface area contributed by atoms with E-state index in [9.17, 15) is 0 Å². The Labute approximate surface area is 124 Å². The SMILES string of the molecule is CCNCc1cnc(C)cc1N(CC)C(C)CN(C)C. The Bertz CT molecular complexity index is 403. The van der Waals surface area contributed by atoms with Gasteiger partial charge >= 0.3 is 0 Å². The summed E-state index contributed by atoms with van der Waals surface area (Å²) >= 11 is 0. The zero-order chi connectivity index (χ0) is 15.1. The fraction of sp³-hybridized carbons (Fsp3) is 0.688. The second kappa shape index (κ2) is 8.22. The van der Waals surface area contributed by atoms with Gasteiger partial charge in [0.2, 0.25) is 0 Å². The number of hydrogen-bond donors (Lipinski definition) is 1. The van der Waals surface area contributed by atoms with Crippen molar-refractivity contribution < 1.29 is 0 Å². The summed E-state index contributed by atoms with van der Waals surface area (Å²) in [5, 5.41) is 3.41. The van der Waals surface area contributed by atoms with Crippen molar-refractivity contribution in [1.82, 2.24) is 15.2 Å². The van der Waals surface area contributed by atoms with Gasteiger partial charge in [-0.05, 0) is 47.5 Å². The molecule has 0 aliphatic heterocycles. The van der Waals surface area contributed by atoms with E-state index in [1.165, 1.54) is 11.3 Å². The molecule has 1 heterocycles. The third-order valence-electron chi connectivity index (χ3n) is 3.48. The molecule has 0 bridgehead atoms. The molecule has 0 spiro atoms. The van der Waals surface area contributed by atoms with Gasteiger partial charge in [-0.2, -0.15) is 0 Å². The average Bonchev–Trinajstić information content (AvgIpc) is 2.38. The summed E-state index contributed by atoms with van der Waals surface area (Å²) < 4.78 is 0. The standard InChI is InChI=1S/C16H30N4/c1-7-17-10-15-11-18-13(3)9-16(15)20(8-2)14(4)12-19(5)6/h9,11,14,17H,7-8,10,12H2,1-6H3. The molecule has 0 aliphatic carbocycles. The van der Waals surface area contributed by atoms with Gasteiger partial charge < -0.3 is 15.1 Å². The number of likely N-dealkylation sites (N-methyl/N-ethyl adjacent to an activating group) is 2. The van der Waals surface area contributed by atoms with Crippen LogP contribution in [0, 0.1) is 6.92 Å². The van der Waals surface area contributed by atoms with Gasteiger partial charge in [0.15, 0.2) is 0 Å². The zero-order valence-corrected chi connectivity index (χ0v) is 13.9. The lowest BCUT2D eigenvalue weighted by Gasteiger charge is -2.33. The van der Waals surface area contributed by atoms with Gasteiger partial charge in [0, 0.05) is 48.8 Å². The highest BCUT2D eigenvalue weighted by molar-refractivity contribution is 5.54. The van der Waals surface area contributed by atoms with Crippen LogP contribution in [0.4, 0.5) is 5.69 Å². The molecule has 4 nitrogen and oxygen atoms in total. The highest BCUT2D eigenvalue weighted by Gasteiger charge is 2.17. The predicted octanol–water partition coefficient (Wildman–Crippen LogP) is 2.28. The van der Waals surface area contributed by atoms with Gasteiger partial charge in [0.1, 0.15) is 0 Å². The van der Waals surface area contributed by atoms with E-state index in [1.807, 2.05) is 6.20 Å². The van der Waals surface area contributed by atoms with Crippen molar-refractivity contribution in [3.8, 4) is 0 Å². The van der Waals surface area contributed by atoms with Crippen LogP contribution in [-0.4, -0.2) is 49.7 Å². The van der Waals surface area contributed by atoms with Crippen LogP contribution in [0.5, 0.6) is 0 Å². The van der Waals surface area contributed by atoms with Crippen LogP contribution in [0.15, 0.2) is 12.3 Å². The molecule has 0 amide bonds. The minimum Gasteiger partial charge on any atom is -0.367 e. The second-order valence-electron chi connectivity index (χ2n) is 5.63. The average molecular weight is 278 g/mol. The molecule has 0 aromatic carbocycles. The van der Waals surface area contributed by atoms with Crippen LogP contribution >= 0.6 is 0 Å². The Kier molecular flexibility index (Phi) is 6.96. The fourth-order valence-electron chi connectivity index (χ4n) is 2.58. The quantitative estimate of drug-likeness (QED) is 0.790. The molecule has 20 heavy (non-hydrogen) atoms. The maximum absolute atomic E-state index is 4.45. The van der Waals surface area contributed by atoms with Crippen LogP contribution in [-0.2, 0) is 6.54 Å². The topological polar surface area (TPSA) is 31.4 Å². The molecule has 0 saturated carbocycles. The summed E-state index contributed by atoms with van der Waals surface area (Å²) in [4.78, 5) is 9.17. The molecular weight excluding hydrogens is 248 g/mol. The summed E-state index contributed by atoms with van der Waals surface area (Å²) in [5.41, 5.74) is 3.68. The molecule has 0 fully saturated rings. The van der Waals surface area contributed by atoms with Crippen molar-refractivity contribution in [3.05, 3.63) is 23.5 Å². The molecule has 0 radical (unpaired) electrons. The van der Waals surface area contributed by atoms with Crippen LogP contribution < -0.4 is 10.2 Å². The number of anilines is 1. The normalized spacial score (nSPS) is 12.8. The lowest BCUT2D eigenvalue weighted by Crippen LogP contribution is -2.40. The zero-order valence-electron chi connectivity index (χ0n) is 13.9. The number of aryl methyl sites for hydroxylation is 1. The van der Waals surface area contributed by atoms with E-state index in [0.717, 1.165) is 31.9 Å². The lowest BCUT2D eigenvalue weighted by molar-refractivity contribution is 0.372. The largest absolute Gasteiger partial charge is 0.367 e. The Morgan fingerprint density at radius 1 is 1.30 bits per heavy atom. The van der Waals surface area contributed by atoms with Gasteiger partial charge in [-0.15, -0.1) is 0 Å². The van der Waals surface area contributed by atoms with Gasteiger partial charge in [-0.3, -0.25) is 4.98 Å². The fourth-order valence-corrected chi connectivity index (χ4v) is 2.58. The van der Waals surface area contributed by atoms with Crippen LogP contribution in [0.1, 0.15) is 32.0 Å². The van der Waals surface area contributed by atoms with E-state index in [2.05, 4.69) is 68.0 Å². The van der Waals surface area contributed by atoms with Gasteiger partial charge in [0.05, 0.1) is 0 Å². The van der Waals surface area contributed by atoms with Crippen molar-refractivity contribution in [2.24, 2.45) is 0 Å². The van der Waals surface area contributed by atoms with E-state index < -0.39 is 0 Å². The highest BCUT2D eigenvalue weighted by Crippen LogP contribution is 2.23. The first-order chi connectivity index (χ1) is 9.49. The molecule has 1 atom stereocenters. The highest BCUT2D eigenvalue weighted by atomic mass is 15.2. The Morgan fingerprint density at radius 3 is 2.55 bits per heavy atom. The maximum atomic E-state index is 4.45. The molecule has 1 aromatic heterocycles. The maximum Gasteiger partial charge on any atom is 0.0448 e. The molecule has 1 unspecified atom stereocenters. The Morgan fingerprint density at radius 2 is 2.00 bits per heavy atom. The van der Waals surface area contributed by atoms with Gasteiger partial charge in [-0.1, -0.05) is 6.92 Å². The van der Waals surface area contributed by atoms with E-state index in [0.29, 0.717) is 6.04 Å². The number of hydrogen-bond acceptors (Lipinski definition) is 4. The van der Waals surface area contributed by atoms with E-state index in [1.54, 1.807) is 0 Å². The van der Waals surface area contributed by atoms with Crippen molar-refractivity contribution in [1.29, 1.82) is 0 Å². The molecule has 114 valence electrons. The molecule has 4 heteroatoms. The number of pyridine rings is 1. The van der Waals surface area contributed by atoms with Crippen molar-refractivity contribution in [3.63, 3.8) is 0 Å². The summed E-state index contributed by atoms with van der Waals surface area (Å²) in [6, 6.07) is 2.69. The monoisotopic (exact) mass is 278 g/mol. The molecule has 1 aromatic rings. The number of rotatable bonds is 8. The third-order valence-corrected chi connectivity index (χ3v) is 3.48. The summed E-state index contributed by atoms with van der Waals surface area (Å²) in [7, 11) is 4.25. The first-order valence-corrected chi connectivity index (χ1v) is 7.57. The van der Waals surface area contributed by atoms with Crippen LogP contribution in [0.2, 0.25) is 0 Å². The summed E-state index contributed by atoms with van der Waals surface area (Å²) in [6.07, 6.45) is 2.01. The minimum atomic E-state index is 0.483. The summed E-state index contributed by atoms with van der Waals surface area (Å²) in [5.74, 6) is 0. The number of nitrogens with zero attached hydrogens (tertiary/aromatic N) is 3. The smallest absolute Gasteiger partial charge is 0.0448 e. The molecule has 0 saturated heterocycles. The van der Waals surface area contributed by atoms with Crippen molar-refractivity contribution >= 4 is 5.69 Å². The van der Waals surface area contributed by atoms with Gasteiger partial charge in [-0.25, -0.2) is 0 Å². The van der Waals surface area contributed by atoms with Crippen molar-refractivity contribution in [2.45, 2.75) is 40.3 Å². The molecule has 1 N–H and O–H groups in total. The van der Waals surface area contributed by atoms with Gasteiger partial charge in [0.25, 0.3) is 0 Å². The van der Waals surface area contributed by atoms with E-state index >= 15 is 0 Å². The molecule has 1 rings (SSSR count). The number of nitrogens with one attached hydrogen (secondary N) is 1. The van der Waals surface area contributed by atoms with E-state index in [4.69, 9.17) is 0 Å². The lowest BCUT2D eigenvalue weighted by atomic mass is 10.1. The first kappa shape index (κ1) is 16.9. The predicted molar refractivity (Wildman–Crippen MR) is 87.4 cm³/mol. The summed E-state index contributed by atoms with van der Waals surface area (Å²) in [6.45, 7) is 12.6. The minimum absolute atomic E-state index is 0.483.